The predicted octanol–water partition coefficient (Wildman–Crippen LogP) is 3.44. The predicted molar refractivity (Wildman–Crippen MR) is 99.9 cm³/mol. The molecule has 134 valence electrons. The number of anilines is 1. The van der Waals surface area contributed by atoms with Gasteiger partial charge in [-0.1, -0.05) is 43.9 Å². The Hall–Kier alpha value is -2.17. The van der Waals surface area contributed by atoms with Crippen LogP contribution in [0, 0.1) is 0 Å². The van der Waals surface area contributed by atoms with Crippen molar-refractivity contribution in [2.45, 2.75) is 70.4 Å². The average Bonchev–Trinajstić information content (AvgIpc) is 3.26. The molecular formula is C20H27N3O2. The van der Waals surface area contributed by atoms with Crippen molar-refractivity contribution in [3.8, 4) is 0 Å². The number of hydrogen-bond acceptors (Lipinski definition) is 3. The third-order valence-corrected chi connectivity index (χ3v) is 5.03. The summed E-state index contributed by atoms with van der Waals surface area (Å²) in [4.78, 5) is 29.3. The molecule has 2 saturated carbocycles. The van der Waals surface area contributed by atoms with Crippen molar-refractivity contribution in [1.82, 2.24) is 5.32 Å². The van der Waals surface area contributed by atoms with E-state index in [-0.39, 0.29) is 23.9 Å². The smallest absolute Gasteiger partial charge is 0.270 e. The number of amides is 2. The maximum absolute atomic E-state index is 13.0. The fourth-order valence-corrected chi connectivity index (χ4v) is 3.78. The fourth-order valence-electron chi connectivity index (χ4n) is 3.78. The lowest BCUT2D eigenvalue weighted by atomic mass is 10.1. The van der Waals surface area contributed by atoms with E-state index in [0.717, 1.165) is 25.7 Å². The van der Waals surface area contributed by atoms with Crippen LogP contribution in [0.25, 0.3) is 0 Å². The first-order valence-electron chi connectivity index (χ1n) is 9.39. The van der Waals surface area contributed by atoms with Crippen molar-refractivity contribution in [3.05, 3.63) is 29.8 Å². The Balaban J connectivity index is 1.90. The van der Waals surface area contributed by atoms with Crippen LogP contribution in [0.1, 0.15) is 63.9 Å². The van der Waals surface area contributed by atoms with Gasteiger partial charge in [0.15, 0.2) is 0 Å². The largest absolute Gasteiger partial charge is 0.348 e. The Morgan fingerprint density at radius 1 is 1.00 bits per heavy atom. The second-order valence-corrected chi connectivity index (χ2v) is 7.10. The fraction of sp³-hybridized carbons (Fsp3) is 0.550. The van der Waals surface area contributed by atoms with Crippen LogP contribution < -0.4 is 10.6 Å². The van der Waals surface area contributed by atoms with Crippen LogP contribution in [0.3, 0.4) is 0 Å². The second kappa shape index (κ2) is 8.28. The summed E-state index contributed by atoms with van der Waals surface area (Å²) in [6.45, 7) is 1.48. The van der Waals surface area contributed by atoms with Crippen molar-refractivity contribution in [2.24, 2.45) is 4.99 Å². The molecule has 0 heterocycles. The van der Waals surface area contributed by atoms with Crippen LogP contribution in [-0.4, -0.2) is 29.6 Å². The van der Waals surface area contributed by atoms with E-state index in [1.165, 1.54) is 32.6 Å². The molecule has 0 bridgehead atoms. The molecule has 0 aromatic heterocycles. The van der Waals surface area contributed by atoms with Gasteiger partial charge in [0, 0.05) is 18.5 Å². The van der Waals surface area contributed by atoms with Gasteiger partial charge in [-0.25, -0.2) is 0 Å². The van der Waals surface area contributed by atoms with E-state index in [2.05, 4.69) is 10.6 Å². The minimum atomic E-state index is -0.149. The Kier molecular flexibility index (Phi) is 5.84. The molecule has 2 amide bonds. The maximum Gasteiger partial charge on any atom is 0.270 e. The second-order valence-electron chi connectivity index (χ2n) is 7.10. The topological polar surface area (TPSA) is 70.6 Å². The summed E-state index contributed by atoms with van der Waals surface area (Å²) < 4.78 is 0. The molecule has 1 aromatic carbocycles. The Morgan fingerprint density at radius 2 is 1.64 bits per heavy atom. The summed E-state index contributed by atoms with van der Waals surface area (Å²) in [5.41, 5.74) is 1.82. The first kappa shape index (κ1) is 17.6. The summed E-state index contributed by atoms with van der Waals surface area (Å²) in [6.07, 6.45) is 8.81. The molecular weight excluding hydrogens is 314 g/mol. The maximum atomic E-state index is 13.0. The lowest BCUT2D eigenvalue weighted by Gasteiger charge is -2.17. The standard InChI is InChI=1S/C20H27N3O2/c1-14(24)21-18-13-7-6-12-17(18)19(22-15-8-2-3-9-15)20(25)23-16-10-4-5-11-16/h6-7,12-13,15-16H,2-5,8-11H2,1H3,(H,21,24)(H,23,25). The van der Waals surface area contributed by atoms with E-state index >= 15 is 0 Å². The molecule has 0 saturated heterocycles. The molecule has 1 aromatic rings. The van der Waals surface area contributed by atoms with E-state index < -0.39 is 0 Å². The first-order valence-corrected chi connectivity index (χ1v) is 9.39. The van der Waals surface area contributed by atoms with Gasteiger partial charge in [0.2, 0.25) is 5.91 Å². The van der Waals surface area contributed by atoms with Gasteiger partial charge in [-0.3, -0.25) is 14.6 Å². The highest BCUT2D eigenvalue weighted by atomic mass is 16.2. The zero-order valence-corrected chi connectivity index (χ0v) is 14.9. The Labute approximate surface area is 149 Å². The van der Waals surface area contributed by atoms with Crippen LogP contribution in [0.15, 0.2) is 29.3 Å². The quantitative estimate of drug-likeness (QED) is 0.806. The SMILES string of the molecule is CC(=O)Nc1ccccc1C(=NC1CCCC1)C(=O)NC1CCCC1. The highest BCUT2D eigenvalue weighted by Crippen LogP contribution is 2.24. The van der Waals surface area contributed by atoms with Crippen molar-refractivity contribution in [3.63, 3.8) is 0 Å². The van der Waals surface area contributed by atoms with Crippen LogP contribution >= 0.6 is 0 Å². The number of nitrogens with zero attached hydrogens (tertiary/aromatic N) is 1. The number of para-hydroxylation sites is 1. The van der Waals surface area contributed by atoms with E-state index in [1.54, 1.807) is 0 Å². The number of carbonyl (C=O) groups excluding carboxylic acids is 2. The van der Waals surface area contributed by atoms with Gasteiger partial charge in [-0.15, -0.1) is 0 Å². The summed E-state index contributed by atoms with van der Waals surface area (Å²) in [7, 11) is 0. The molecule has 0 unspecified atom stereocenters. The summed E-state index contributed by atoms with van der Waals surface area (Å²) in [5.74, 6) is -0.263. The number of nitrogens with one attached hydrogen (secondary N) is 2. The lowest BCUT2D eigenvalue weighted by molar-refractivity contribution is -0.115. The highest BCUT2D eigenvalue weighted by molar-refractivity contribution is 6.46. The van der Waals surface area contributed by atoms with E-state index in [0.29, 0.717) is 17.0 Å². The number of hydrogen-bond donors (Lipinski definition) is 2. The Morgan fingerprint density at radius 3 is 2.32 bits per heavy atom. The van der Waals surface area contributed by atoms with Crippen LogP contribution in [0.2, 0.25) is 0 Å². The zero-order valence-electron chi connectivity index (χ0n) is 14.9. The van der Waals surface area contributed by atoms with E-state index in [1.807, 2.05) is 24.3 Å². The minimum absolute atomic E-state index is 0.114. The van der Waals surface area contributed by atoms with Crippen LogP contribution in [-0.2, 0) is 9.59 Å². The van der Waals surface area contributed by atoms with Crippen molar-refractivity contribution in [2.75, 3.05) is 5.32 Å². The highest BCUT2D eigenvalue weighted by Gasteiger charge is 2.25. The molecule has 2 N–H and O–H groups in total. The van der Waals surface area contributed by atoms with Crippen molar-refractivity contribution < 1.29 is 9.59 Å². The van der Waals surface area contributed by atoms with Gasteiger partial charge in [-0.05, 0) is 31.7 Å². The molecule has 0 radical (unpaired) electrons. The summed E-state index contributed by atoms with van der Waals surface area (Å²) >= 11 is 0. The molecule has 3 rings (SSSR count). The third-order valence-electron chi connectivity index (χ3n) is 5.03. The van der Waals surface area contributed by atoms with Crippen LogP contribution in [0.4, 0.5) is 5.69 Å². The molecule has 0 atom stereocenters. The van der Waals surface area contributed by atoms with Crippen LogP contribution in [0.5, 0.6) is 0 Å². The average molecular weight is 341 g/mol. The minimum Gasteiger partial charge on any atom is -0.348 e. The van der Waals surface area contributed by atoms with Gasteiger partial charge in [0.25, 0.3) is 5.91 Å². The number of carbonyl (C=O) groups is 2. The van der Waals surface area contributed by atoms with Crippen molar-refractivity contribution in [1.29, 1.82) is 0 Å². The molecule has 25 heavy (non-hydrogen) atoms. The first-order chi connectivity index (χ1) is 12.1. The molecule has 5 heteroatoms. The number of benzene rings is 1. The Bertz CT molecular complexity index is 657. The molecule has 2 aliphatic carbocycles. The van der Waals surface area contributed by atoms with Gasteiger partial charge >= 0.3 is 0 Å². The van der Waals surface area contributed by atoms with Gasteiger partial charge in [-0.2, -0.15) is 0 Å². The molecule has 0 spiro atoms. The molecule has 2 fully saturated rings. The van der Waals surface area contributed by atoms with Gasteiger partial charge in [0.05, 0.1) is 11.7 Å². The lowest BCUT2D eigenvalue weighted by Crippen LogP contribution is -2.39. The number of rotatable bonds is 5. The van der Waals surface area contributed by atoms with Gasteiger partial charge in [0.1, 0.15) is 5.71 Å². The third kappa shape index (κ3) is 4.68. The van der Waals surface area contributed by atoms with E-state index in [9.17, 15) is 9.59 Å². The number of aliphatic imine (C=N–C) groups is 1. The molecule has 5 nitrogen and oxygen atoms in total. The van der Waals surface area contributed by atoms with Crippen molar-refractivity contribution >= 4 is 23.2 Å². The van der Waals surface area contributed by atoms with Gasteiger partial charge < -0.3 is 10.6 Å². The monoisotopic (exact) mass is 341 g/mol. The zero-order chi connectivity index (χ0) is 17.6. The normalized spacial score (nSPS) is 19.2. The molecule has 2 aliphatic rings. The molecule has 0 aliphatic heterocycles. The summed E-state index contributed by atoms with van der Waals surface area (Å²) in [6, 6.07) is 7.88. The summed E-state index contributed by atoms with van der Waals surface area (Å²) in [5, 5.41) is 5.98. The van der Waals surface area contributed by atoms with E-state index in [4.69, 9.17) is 4.99 Å².